The number of nitrogens with one attached hydrogen (secondary N) is 1. The van der Waals surface area contributed by atoms with Gasteiger partial charge in [0.25, 0.3) is 0 Å². The first kappa shape index (κ1) is 18.4. The summed E-state index contributed by atoms with van der Waals surface area (Å²) >= 11 is 0. The van der Waals surface area contributed by atoms with Gasteiger partial charge in [-0.2, -0.15) is 0 Å². The first-order chi connectivity index (χ1) is 9.87. The number of carbonyl (C=O) groups is 1. The third-order valence-electron chi connectivity index (χ3n) is 3.87. The Balaban J connectivity index is 0.000000211. The summed E-state index contributed by atoms with van der Waals surface area (Å²) in [4.78, 5) is 10.5. The van der Waals surface area contributed by atoms with E-state index >= 15 is 0 Å². The van der Waals surface area contributed by atoms with Gasteiger partial charge in [-0.1, -0.05) is 25.7 Å². The van der Waals surface area contributed by atoms with Crippen molar-refractivity contribution in [1.29, 1.82) is 0 Å². The molecule has 2 fully saturated rings. The van der Waals surface area contributed by atoms with Crippen molar-refractivity contribution in [1.82, 2.24) is 4.72 Å². The van der Waals surface area contributed by atoms with Crippen molar-refractivity contribution < 1.29 is 17.9 Å². The summed E-state index contributed by atoms with van der Waals surface area (Å²) in [6.07, 6.45) is 12.9. The van der Waals surface area contributed by atoms with Crippen LogP contribution >= 0.6 is 0 Å². The molecule has 0 spiro atoms. The van der Waals surface area contributed by atoms with Crippen molar-refractivity contribution in [3.05, 3.63) is 0 Å². The van der Waals surface area contributed by atoms with Gasteiger partial charge in [-0.15, -0.1) is 0 Å². The van der Waals surface area contributed by atoms with Crippen molar-refractivity contribution >= 4 is 16.0 Å². The summed E-state index contributed by atoms with van der Waals surface area (Å²) in [6.45, 7) is 1.48. The number of carbonyl (C=O) groups excluding carboxylic acids is 1. The Morgan fingerprint density at radius 1 is 0.952 bits per heavy atom. The lowest BCUT2D eigenvalue weighted by Gasteiger charge is -2.21. The maximum Gasteiger partial charge on any atom is 0.302 e. The minimum Gasteiger partial charge on any atom is -0.463 e. The molecule has 1 N–H and O–H groups in total. The predicted molar refractivity (Wildman–Crippen MR) is 83.5 cm³/mol. The van der Waals surface area contributed by atoms with E-state index in [1.807, 2.05) is 0 Å². The van der Waals surface area contributed by atoms with Crippen LogP contribution in [0.25, 0.3) is 0 Å². The SMILES string of the molecule is CC(=O)OC1CCCCC1.CS(=O)(=O)NC1CCCCC1. The number of sulfonamides is 1. The topological polar surface area (TPSA) is 72.5 Å². The molecule has 2 aliphatic carbocycles. The molecule has 0 amide bonds. The van der Waals surface area contributed by atoms with E-state index < -0.39 is 10.0 Å². The van der Waals surface area contributed by atoms with Crippen LogP contribution in [-0.4, -0.2) is 32.8 Å². The van der Waals surface area contributed by atoms with Crippen molar-refractivity contribution in [3.8, 4) is 0 Å². The minimum atomic E-state index is -2.97. The van der Waals surface area contributed by atoms with Crippen molar-refractivity contribution in [3.63, 3.8) is 0 Å². The molecule has 2 aliphatic rings. The molecular formula is C15H29NO4S. The Morgan fingerprint density at radius 3 is 1.86 bits per heavy atom. The highest BCUT2D eigenvalue weighted by Crippen LogP contribution is 2.20. The standard InChI is InChI=1S/C8H14O2.C7H15NO2S/c1-7(9)10-8-5-3-2-4-6-8;1-11(9,10)8-7-5-3-2-4-6-7/h8H,2-6H2,1H3;7-8H,2-6H2,1H3. The Bertz CT molecular complexity index is 396. The fourth-order valence-electron chi connectivity index (χ4n) is 2.94. The average molecular weight is 319 g/mol. The zero-order valence-corrected chi connectivity index (χ0v) is 14.1. The Labute approximate surface area is 128 Å². The van der Waals surface area contributed by atoms with E-state index in [9.17, 15) is 13.2 Å². The molecule has 0 aliphatic heterocycles. The highest BCUT2D eigenvalue weighted by Gasteiger charge is 2.16. The van der Waals surface area contributed by atoms with E-state index in [0.29, 0.717) is 0 Å². The van der Waals surface area contributed by atoms with Crippen LogP contribution in [0.2, 0.25) is 0 Å². The maximum absolute atomic E-state index is 10.8. The van der Waals surface area contributed by atoms with Gasteiger partial charge in [0.15, 0.2) is 0 Å². The van der Waals surface area contributed by atoms with E-state index in [0.717, 1.165) is 38.5 Å². The van der Waals surface area contributed by atoms with Gasteiger partial charge in [-0.05, 0) is 38.5 Å². The molecule has 0 unspecified atom stereocenters. The van der Waals surface area contributed by atoms with E-state index in [1.54, 1.807) is 0 Å². The number of esters is 1. The highest BCUT2D eigenvalue weighted by molar-refractivity contribution is 7.88. The molecule has 0 bridgehead atoms. The van der Waals surface area contributed by atoms with Crippen LogP contribution in [0.1, 0.15) is 71.1 Å². The number of hydrogen-bond acceptors (Lipinski definition) is 4. The van der Waals surface area contributed by atoms with Crippen LogP contribution in [-0.2, 0) is 19.6 Å². The molecular weight excluding hydrogens is 290 g/mol. The third kappa shape index (κ3) is 9.85. The molecule has 0 heterocycles. The summed E-state index contributed by atoms with van der Waals surface area (Å²) in [5.74, 6) is -0.132. The molecule has 0 radical (unpaired) electrons. The van der Waals surface area contributed by atoms with E-state index in [1.165, 1.54) is 38.9 Å². The Morgan fingerprint density at radius 2 is 1.43 bits per heavy atom. The molecule has 6 heteroatoms. The summed E-state index contributed by atoms with van der Waals surface area (Å²) in [5, 5.41) is 0. The second-order valence-corrected chi connectivity index (χ2v) is 7.87. The number of hydrogen-bond donors (Lipinski definition) is 1. The zero-order chi connectivity index (χ0) is 15.7. The largest absolute Gasteiger partial charge is 0.463 e. The molecule has 124 valence electrons. The fourth-order valence-corrected chi connectivity index (χ4v) is 3.78. The van der Waals surface area contributed by atoms with Gasteiger partial charge in [0.1, 0.15) is 6.10 Å². The third-order valence-corrected chi connectivity index (χ3v) is 4.63. The molecule has 5 nitrogen and oxygen atoms in total. The van der Waals surface area contributed by atoms with Gasteiger partial charge in [0.2, 0.25) is 10.0 Å². The van der Waals surface area contributed by atoms with E-state index in [2.05, 4.69) is 4.72 Å². The van der Waals surface area contributed by atoms with Gasteiger partial charge in [-0.3, -0.25) is 4.79 Å². The first-order valence-electron chi connectivity index (χ1n) is 8.01. The summed E-state index contributed by atoms with van der Waals surface area (Å²) in [7, 11) is -2.97. The molecule has 0 aromatic carbocycles. The molecule has 0 saturated heterocycles. The van der Waals surface area contributed by atoms with Crippen LogP contribution < -0.4 is 4.72 Å². The Hall–Kier alpha value is -0.620. The molecule has 0 aromatic rings. The first-order valence-corrected chi connectivity index (χ1v) is 9.90. The van der Waals surface area contributed by atoms with Crippen LogP contribution in [0.3, 0.4) is 0 Å². The zero-order valence-electron chi connectivity index (χ0n) is 13.3. The minimum absolute atomic E-state index is 0.132. The number of rotatable bonds is 3. The quantitative estimate of drug-likeness (QED) is 0.812. The van der Waals surface area contributed by atoms with Crippen molar-refractivity contribution in [2.45, 2.75) is 83.3 Å². The average Bonchev–Trinajstić information content (AvgIpc) is 2.39. The number of ether oxygens (including phenoxy) is 1. The van der Waals surface area contributed by atoms with Gasteiger partial charge < -0.3 is 4.74 Å². The van der Waals surface area contributed by atoms with Crippen molar-refractivity contribution in [2.24, 2.45) is 0 Å². The molecule has 2 rings (SSSR count). The van der Waals surface area contributed by atoms with E-state index in [4.69, 9.17) is 4.74 Å². The summed E-state index contributed by atoms with van der Waals surface area (Å²) in [6, 6.07) is 0.207. The highest BCUT2D eigenvalue weighted by atomic mass is 32.2. The Kier molecular flexibility index (Phi) is 8.26. The second kappa shape index (κ2) is 9.41. The fraction of sp³-hybridized carbons (Fsp3) is 0.933. The second-order valence-electron chi connectivity index (χ2n) is 6.09. The van der Waals surface area contributed by atoms with Gasteiger partial charge in [-0.25, -0.2) is 13.1 Å². The van der Waals surface area contributed by atoms with Crippen LogP contribution in [0.5, 0.6) is 0 Å². The summed E-state index contributed by atoms with van der Waals surface area (Å²) < 4.78 is 29.3. The normalized spacial score (nSPS) is 21.2. The van der Waals surface area contributed by atoms with Gasteiger partial charge >= 0.3 is 5.97 Å². The van der Waals surface area contributed by atoms with Crippen LogP contribution in [0.4, 0.5) is 0 Å². The lowest BCUT2D eigenvalue weighted by atomic mass is 9.96. The van der Waals surface area contributed by atoms with Gasteiger partial charge in [0.05, 0.1) is 6.26 Å². The monoisotopic (exact) mass is 319 g/mol. The molecule has 21 heavy (non-hydrogen) atoms. The lowest BCUT2D eigenvalue weighted by Crippen LogP contribution is -2.35. The summed E-state index contributed by atoms with van der Waals surface area (Å²) in [5.41, 5.74) is 0. The van der Waals surface area contributed by atoms with Gasteiger partial charge in [0, 0.05) is 13.0 Å². The van der Waals surface area contributed by atoms with Crippen molar-refractivity contribution in [2.75, 3.05) is 6.26 Å². The molecule has 2 saturated carbocycles. The lowest BCUT2D eigenvalue weighted by molar-refractivity contribution is -0.147. The smallest absolute Gasteiger partial charge is 0.302 e. The van der Waals surface area contributed by atoms with E-state index in [-0.39, 0.29) is 18.1 Å². The predicted octanol–water partition coefficient (Wildman–Crippen LogP) is 2.75. The molecule has 0 aromatic heterocycles. The van der Waals surface area contributed by atoms with Crippen LogP contribution in [0.15, 0.2) is 0 Å². The van der Waals surface area contributed by atoms with Crippen LogP contribution in [0, 0.1) is 0 Å². The molecule has 0 atom stereocenters. The maximum atomic E-state index is 10.8.